The van der Waals surface area contributed by atoms with Crippen LogP contribution >= 0.6 is 22.9 Å². The summed E-state index contributed by atoms with van der Waals surface area (Å²) in [6.07, 6.45) is 0. The second-order valence-electron chi connectivity index (χ2n) is 3.44. The summed E-state index contributed by atoms with van der Waals surface area (Å²) >= 11 is 7.51. The van der Waals surface area contributed by atoms with E-state index in [9.17, 15) is 4.79 Å². The molecule has 0 spiro atoms. The summed E-state index contributed by atoms with van der Waals surface area (Å²) in [7, 11) is 0. The van der Waals surface area contributed by atoms with Gasteiger partial charge in [-0.3, -0.25) is 0 Å². The highest BCUT2D eigenvalue weighted by Crippen LogP contribution is 2.30. The zero-order chi connectivity index (χ0) is 11.7. The molecule has 0 atom stereocenters. The van der Waals surface area contributed by atoms with Crippen molar-refractivity contribution >= 4 is 28.9 Å². The molecule has 0 saturated carbocycles. The molecule has 0 aliphatic carbocycles. The number of aryl methyl sites for hydroxylation is 1. The SMILES string of the molecule is Cc1ccc(-c2cc(Cl)cc(C(=O)O)c2)s1. The molecule has 1 aromatic carbocycles. The van der Waals surface area contributed by atoms with Gasteiger partial charge in [0.25, 0.3) is 0 Å². The van der Waals surface area contributed by atoms with Gasteiger partial charge in [-0.05, 0) is 42.8 Å². The molecule has 1 heterocycles. The van der Waals surface area contributed by atoms with Crippen molar-refractivity contribution in [2.24, 2.45) is 0 Å². The number of halogens is 1. The normalized spacial score (nSPS) is 10.4. The molecular weight excluding hydrogens is 244 g/mol. The van der Waals surface area contributed by atoms with Gasteiger partial charge in [0.05, 0.1) is 5.56 Å². The van der Waals surface area contributed by atoms with Crippen LogP contribution in [0.1, 0.15) is 15.2 Å². The van der Waals surface area contributed by atoms with Crippen LogP contribution < -0.4 is 0 Å². The largest absolute Gasteiger partial charge is 0.478 e. The molecule has 0 fully saturated rings. The number of carboxylic acids is 1. The second kappa shape index (κ2) is 4.28. The first-order valence-electron chi connectivity index (χ1n) is 4.67. The molecule has 2 aromatic rings. The van der Waals surface area contributed by atoms with Gasteiger partial charge in [0.1, 0.15) is 0 Å². The van der Waals surface area contributed by atoms with E-state index in [1.54, 1.807) is 23.5 Å². The van der Waals surface area contributed by atoms with Crippen molar-refractivity contribution in [1.82, 2.24) is 0 Å². The van der Waals surface area contributed by atoms with Crippen molar-refractivity contribution in [2.45, 2.75) is 6.92 Å². The summed E-state index contributed by atoms with van der Waals surface area (Å²) in [5.74, 6) is -0.961. The first-order chi connectivity index (χ1) is 7.56. The van der Waals surface area contributed by atoms with E-state index in [4.69, 9.17) is 16.7 Å². The Balaban J connectivity index is 2.53. The quantitative estimate of drug-likeness (QED) is 0.875. The molecule has 2 rings (SSSR count). The van der Waals surface area contributed by atoms with Gasteiger partial charge >= 0.3 is 5.97 Å². The number of carbonyl (C=O) groups is 1. The Kier molecular flexibility index (Phi) is 2.99. The van der Waals surface area contributed by atoms with Crippen molar-refractivity contribution in [1.29, 1.82) is 0 Å². The Morgan fingerprint density at radius 1 is 1.31 bits per heavy atom. The summed E-state index contributed by atoms with van der Waals surface area (Å²) in [6, 6.07) is 8.84. The Morgan fingerprint density at radius 3 is 2.62 bits per heavy atom. The van der Waals surface area contributed by atoms with Gasteiger partial charge < -0.3 is 5.11 Å². The lowest BCUT2D eigenvalue weighted by Gasteiger charge is -2.01. The average molecular weight is 253 g/mol. The number of aromatic carboxylic acids is 1. The molecule has 0 radical (unpaired) electrons. The zero-order valence-electron chi connectivity index (χ0n) is 8.53. The maximum absolute atomic E-state index is 10.9. The minimum atomic E-state index is -0.961. The second-order valence-corrected chi connectivity index (χ2v) is 5.17. The molecule has 2 nitrogen and oxygen atoms in total. The Morgan fingerprint density at radius 2 is 2.06 bits per heavy atom. The highest BCUT2D eigenvalue weighted by atomic mass is 35.5. The first kappa shape index (κ1) is 11.2. The highest BCUT2D eigenvalue weighted by molar-refractivity contribution is 7.15. The molecule has 0 unspecified atom stereocenters. The Bertz CT molecular complexity index is 546. The van der Waals surface area contributed by atoms with Crippen LogP contribution in [0.5, 0.6) is 0 Å². The van der Waals surface area contributed by atoms with E-state index in [1.807, 2.05) is 19.1 Å². The number of thiophene rings is 1. The van der Waals surface area contributed by atoms with E-state index in [0.717, 1.165) is 10.4 Å². The zero-order valence-corrected chi connectivity index (χ0v) is 10.1. The molecule has 0 aliphatic rings. The number of hydrogen-bond acceptors (Lipinski definition) is 2. The van der Waals surface area contributed by atoms with Gasteiger partial charge in [0.2, 0.25) is 0 Å². The first-order valence-corrected chi connectivity index (χ1v) is 5.86. The molecule has 16 heavy (non-hydrogen) atoms. The number of rotatable bonds is 2. The molecule has 4 heteroatoms. The van der Waals surface area contributed by atoms with Gasteiger partial charge in [-0.25, -0.2) is 4.79 Å². The lowest BCUT2D eigenvalue weighted by molar-refractivity contribution is 0.0697. The smallest absolute Gasteiger partial charge is 0.335 e. The number of carboxylic acid groups (broad SMARTS) is 1. The van der Waals surface area contributed by atoms with E-state index in [0.29, 0.717) is 5.02 Å². The van der Waals surface area contributed by atoms with E-state index < -0.39 is 5.97 Å². The highest BCUT2D eigenvalue weighted by Gasteiger charge is 2.08. The Labute approximate surface area is 102 Å². The van der Waals surface area contributed by atoms with E-state index in [-0.39, 0.29) is 5.56 Å². The van der Waals surface area contributed by atoms with Crippen LogP contribution in [0.3, 0.4) is 0 Å². The van der Waals surface area contributed by atoms with E-state index in [2.05, 4.69) is 0 Å². The van der Waals surface area contributed by atoms with Gasteiger partial charge in [-0.1, -0.05) is 11.6 Å². The fraction of sp³-hybridized carbons (Fsp3) is 0.0833. The van der Waals surface area contributed by atoms with Gasteiger partial charge in [0, 0.05) is 14.8 Å². The van der Waals surface area contributed by atoms with Gasteiger partial charge in [0.15, 0.2) is 0 Å². The third-order valence-electron chi connectivity index (χ3n) is 2.17. The number of hydrogen-bond donors (Lipinski definition) is 1. The molecule has 0 bridgehead atoms. The van der Waals surface area contributed by atoms with Crippen molar-refractivity contribution < 1.29 is 9.90 Å². The predicted molar refractivity (Wildman–Crippen MR) is 66.5 cm³/mol. The van der Waals surface area contributed by atoms with Crippen LogP contribution in [0.4, 0.5) is 0 Å². The Hall–Kier alpha value is -1.32. The van der Waals surface area contributed by atoms with Crippen molar-refractivity contribution in [3.8, 4) is 10.4 Å². The summed E-state index contributed by atoms with van der Waals surface area (Å²) in [5.41, 5.74) is 1.07. The van der Waals surface area contributed by atoms with E-state index >= 15 is 0 Å². The molecular formula is C12H9ClO2S. The van der Waals surface area contributed by atoms with Crippen LogP contribution in [0.25, 0.3) is 10.4 Å². The minimum Gasteiger partial charge on any atom is -0.478 e. The summed E-state index contributed by atoms with van der Waals surface area (Å²) < 4.78 is 0. The minimum absolute atomic E-state index is 0.216. The van der Waals surface area contributed by atoms with E-state index in [1.165, 1.54) is 10.9 Å². The fourth-order valence-electron chi connectivity index (χ4n) is 1.45. The van der Waals surface area contributed by atoms with Crippen molar-refractivity contribution in [3.63, 3.8) is 0 Å². The topological polar surface area (TPSA) is 37.3 Å². The predicted octanol–water partition coefficient (Wildman–Crippen LogP) is 4.08. The molecule has 1 N–H and O–H groups in total. The van der Waals surface area contributed by atoms with Crippen LogP contribution in [0.15, 0.2) is 30.3 Å². The van der Waals surface area contributed by atoms with Crippen LogP contribution in [-0.4, -0.2) is 11.1 Å². The van der Waals surface area contributed by atoms with Crippen molar-refractivity contribution in [3.05, 3.63) is 45.8 Å². The monoisotopic (exact) mass is 252 g/mol. The third-order valence-corrected chi connectivity index (χ3v) is 3.44. The summed E-state index contributed by atoms with van der Waals surface area (Å²) in [4.78, 5) is 13.1. The molecule has 1 aromatic heterocycles. The van der Waals surface area contributed by atoms with Crippen molar-refractivity contribution in [2.75, 3.05) is 0 Å². The maximum Gasteiger partial charge on any atom is 0.335 e. The maximum atomic E-state index is 10.9. The molecule has 0 amide bonds. The van der Waals surface area contributed by atoms with Crippen LogP contribution in [0, 0.1) is 6.92 Å². The molecule has 0 saturated heterocycles. The standard InChI is InChI=1S/C12H9ClO2S/c1-7-2-3-11(16-7)8-4-9(12(14)15)6-10(13)5-8/h2-6H,1H3,(H,14,15). The number of benzene rings is 1. The molecule has 82 valence electrons. The van der Waals surface area contributed by atoms with Crippen LogP contribution in [0.2, 0.25) is 5.02 Å². The van der Waals surface area contributed by atoms with Crippen LogP contribution in [-0.2, 0) is 0 Å². The lowest BCUT2D eigenvalue weighted by atomic mass is 10.1. The summed E-state index contributed by atoms with van der Waals surface area (Å²) in [5, 5.41) is 9.38. The molecule has 0 aliphatic heterocycles. The lowest BCUT2D eigenvalue weighted by Crippen LogP contribution is -1.95. The third kappa shape index (κ3) is 2.26. The van der Waals surface area contributed by atoms with Gasteiger partial charge in [-0.15, -0.1) is 11.3 Å². The fourth-order valence-corrected chi connectivity index (χ4v) is 2.53. The van der Waals surface area contributed by atoms with Gasteiger partial charge in [-0.2, -0.15) is 0 Å². The average Bonchev–Trinajstić information content (AvgIpc) is 2.64. The summed E-state index contributed by atoms with van der Waals surface area (Å²) in [6.45, 7) is 2.01.